The molecule has 3 nitrogen and oxygen atoms in total. The first-order valence-electron chi connectivity index (χ1n) is 9.52. The number of oxime groups is 1. The van der Waals surface area contributed by atoms with Crippen LogP contribution in [0.3, 0.4) is 0 Å². The summed E-state index contributed by atoms with van der Waals surface area (Å²) in [5, 5.41) is 12.8. The van der Waals surface area contributed by atoms with Crippen molar-refractivity contribution in [3.05, 3.63) is 47.0 Å². The summed E-state index contributed by atoms with van der Waals surface area (Å²) in [5.41, 5.74) is 5.33. The largest absolute Gasteiger partial charge is 0.411 e. The van der Waals surface area contributed by atoms with Gasteiger partial charge in [0.2, 0.25) is 0 Å². The van der Waals surface area contributed by atoms with E-state index in [2.05, 4.69) is 47.3 Å². The zero-order valence-corrected chi connectivity index (χ0v) is 14.9. The van der Waals surface area contributed by atoms with E-state index < -0.39 is 0 Å². The average Bonchev–Trinajstić information content (AvgIpc) is 2.65. The normalized spacial score (nSPS) is 22.9. The summed E-state index contributed by atoms with van der Waals surface area (Å²) in [6, 6.07) is 11.5. The van der Waals surface area contributed by atoms with Crippen LogP contribution in [-0.2, 0) is 6.42 Å². The second kappa shape index (κ2) is 8.48. The van der Waals surface area contributed by atoms with E-state index in [-0.39, 0.29) is 0 Å². The van der Waals surface area contributed by atoms with Crippen LogP contribution in [-0.4, -0.2) is 35.0 Å². The standard InChI is InChI=1S/C21H30N2O/c1-2-14-23(15-13-17-7-4-3-5-8-17)19-11-12-20-18(16-19)9-6-10-21(20)22-24/h3-5,7-8,19,24H,2,6,9-16H2,1H3/b22-21+. The molecule has 3 rings (SSSR count). The fourth-order valence-corrected chi connectivity index (χ4v) is 4.32. The van der Waals surface area contributed by atoms with Gasteiger partial charge in [-0.25, -0.2) is 0 Å². The summed E-state index contributed by atoms with van der Waals surface area (Å²) >= 11 is 0. The third kappa shape index (κ3) is 4.07. The van der Waals surface area contributed by atoms with E-state index >= 15 is 0 Å². The molecule has 0 spiro atoms. The van der Waals surface area contributed by atoms with Gasteiger partial charge in [0.15, 0.2) is 0 Å². The molecule has 0 aromatic heterocycles. The lowest BCUT2D eigenvalue weighted by atomic mass is 9.78. The number of nitrogens with zero attached hydrogens (tertiary/aromatic N) is 2. The van der Waals surface area contributed by atoms with Gasteiger partial charge in [-0.1, -0.05) is 48.0 Å². The molecule has 2 aliphatic carbocycles. The van der Waals surface area contributed by atoms with Crippen molar-refractivity contribution in [3.63, 3.8) is 0 Å². The number of rotatable bonds is 6. The predicted octanol–water partition coefficient (Wildman–Crippen LogP) is 4.80. The van der Waals surface area contributed by atoms with Crippen molar-refractivity contribution in [1.29, 1.82) is 0 Å². The van der Waals surface area contributed by atoms with E-state index in [1.54, 1.807) is 5.57 Å². The monoisotopic (exact) mass is 326 g/mol. The van der Waals surface area contributed by atoms with E-state index in [1.807, 2.05) is 0 Å². The smallest absolute Gasteiger partial charge is 0.0827 e. The highest BCUT2D eigenvalue weighted by Gasteiger charge is 2.29. The number of hydrogen-bond donors (Lipinski definition) is 1. The Balaban J connectivity index is 1.65. The first-order valence-corrected chi connectivity index (χ1v) is 9.52. The van der Waals surface area contributed by atoms with Crippen molar-refractivity contribution in [3.8, 4) is 0 Å². The van der Waals surface area contributed by atoms with Gasteiger partial charge in [-0.15, -0.1) is 0 Å². The molecule has 1 N–H and O–H groups in total. The maximum Gasteiger partial charge on any atom is 0.0827 e. The van der Waals surface area contributed by atoms with Gasteiger partial charge in [0.05, 0.1) is 5.71 Å². The second-order valence-electron chi connectivity index (χ2n) is 7.15. The highest BCUT2D eigenvalue weighted by molar-refractivity contribution is 6.01. The Morgan fingerprint density at radius 1 is 1.12 bits per heavy atom. The maximum atomic E-state index is 9.24. The summed E-state index contributed by atoms with van der Waals surface area (Å²) in [6.45, 7) is 4.60. The Labute approximate surface area is 146 Å². The van der Waals surface area contributed by atoms with E-state index in [1.165, 1.54) is 43.4 Å². The van der Waals surface area contributed by atoms with Gasteiger partial charge in [-0.3, -0.25) is 4.90 Å². The Morgan fingerprint density at radius 2 is 1.96 bits per heavy atom. The van der Waals surface area contributed by atoms with Crippen LogP contribution in [0.4, 0.5) is 0 Å². The van der Waals surface area contributed by atoms with Crippen molar-refractivity contribution in [2.75, 3.05) is 13.1 Å². The SMILES string of the molecule is CCCN(CCc1ccccc1)C1CCC2=C(CCC/C2=N\O)C1. The molecule has 2 aliphatic rings. The molecule has 1 unspecified atom stereocenters. The number of allylic oxidation sites excluding steroid dienone is 1. The number of hydrogen-bond acceptors (Lipinski definition) is 3. The Morgan fingerprint density at radius 3 is 2.71 bits per heavy atom. The molecular formula is C21H30N2O. The summed E-state index contributed by atoms with van der Waals surface area (Å²) in [4.78, 5) is 2.70. The topological polar surface area (TPSA) is 35.8 Å². The molecule has 0 radical (unpaired) electrons. The first kappa shape index (κ1) is 17.2. The van der Waals surface area contributed by atoms with E-state index in [0.29, 0.717) is 6.04 Å². The van der Waals surface area contributed by atoms with Crippen LogP contribution in [0.1, 0.15) is 57.4 Å². The fraction of sp³-hybridized carbons (Fsp3) is 0.571. The molecule has 130 valence electrons. The second-order valence-corrected chi connectivity index (χ2v) is 7.15. The quantitative estimate of drug-likeness (QED) is 0.602. The molecule has 1 aromatic carbocycles. The first-order chi connectivity index (χ1) is 11.8. The summed E-state index contributed by atoms with van der Waals surface area (Å²) in [7, 11) is 0. The lowest BCUT2D eigenvalue weighted by molar-refractivity contribution is 0.180. The Kier molecular flexibility index (Phi) is 6.08. The molecule has 0 saturated heterocycles. The van der Waals surface area contributed by atoms with Crippen LogP contribution in [0.25, 0.3) is 0 Å². The zero-order chi connectivity index (χ0) is 16.8. The molecule has 0 bridgehead atoms. The molecule has 3 heteroatoms. The van der Waals surface area contributed by atoms with Crippen LogP contribution in [0.5, 0.6) is 0 Å². The maximum absolute atomic E-state index is 9.24. The van der Waals surface area contributed by atoms with Crippen LogP contribution in [0.2, 0.25) is 0 Å². The third-order valence-corrected chi connectivity index (χ3v) is 5.56. The van der Waals surface area contributed by atoms with Crippen molar-refractivity contribution in [2.45, 2.75) is 64.3 Å². The van der Waals surface area contributed by atoms with Crippen molar-refractivity contribution >= 4 is 5.71 Å². The molecular weight excluding hydrogens is 296 g/mol. The van der Waals surface area contributed by atoms with Crippen LogP contribution in [0.15, 0.2) is 46.6 Å². The predicted molar refractivity (Wildman–Crippen MR) is 99.7 cm³/mol. The Hall–Kier alpha value is -1.61. The molecule has 0 fully saturated rings. The van der Waals surface area contributed by atoms with E-state index in [0.717, 1.165) is 37.9 Å². The van der Waals surface area contributed by atoms with Gasteiger partial charge < -0.3 is 5.21 Å². The minimum absolute atomic E-state index is 0.658. The van der Waals surface area contributed by atoms with Gasteiger partial charge in [0, 0.05) is 12.6 Å². The van der Waals surface area contributed by atoms with Gasteiger partial charge in [-0.2, -0.15) is 0 Å². The minimum atomic E-state index is 0.658. The molecule has 0 aliphatic heterocycles. The highest BCUT2D eigenvalue weighted by atomic mass is 16.4. The molecule has 1 atom stereocenters. The molecule has 0 saturated carbocycles. The fourth-order valence-electron chi connectivity index (χ4n) is 4.32. The van der Waals surface area contributed by atoms with Crippen molar-refractivity contribution < 1.29 is 5.21 Å². The molecule has 0 heterocycles. The van der Waals surface area contributed by atoms with Gasteiger partial charge in [0.25, 0.3) is 0 Å². The van der Waals surface area contributed by atoms with E-state index in [9.17, 15) is 5.21 Å². The lowest BCUT2D eigenvalue weighted by Gasteiger charge is -2.37. The summed E-state index contributed by atoms with van der Waals surface area (Å²) in [5.74, 6) is 0. The summed E-state index contributed by atoms with van der Waals surface area (Å²) in [6.07, 6.45) is 9.09. The third-order valence-electron chi connectivity index (χ3n) is 5.56. The van der Waals surface area contributed by atoms with Crippen LogP contribution >= 0.6 is 0 Å². The lowest BCUT2D eigenvalue weighted by Crippen LogP contribution is -2.40. The van der Waals surface area contributed by atoms with Gasteiger partial charge in [0.1, 0.15) is 0 Å². The molecule has 0 amide bonds. The van der Waals surface area contributed by atoms with Crippen molar-refractivity contribution in [2.24, 2.45) is 5.16 Å². The number of benzene rings is 1. The Bertz CT molecular complexity index is 591. The van der Waals surface area contributed by atoms with Crippen molar-refractivity contribution in [1.82, 2.24) is 4.90 Å². The molecule has 24 heavy (non-hydrogen) atoms. The zero-order valence-electron chi connectivity index (χ0n) is 14.9. The molecule has 1 aromatic rings. The minimum Gasteiger partial charge on any atom is -0.411 e. The van der Waals surface area contributed by atoms with Crippen LogP contribution < -0.4 is 0 Å². The van der Waals surface area contributed by atoms with E-state index in [4.69, 9.17) is 0 Å². The highest BCUT2D eigenvalue weighted by Crippen LogP contribution is 2.36. The summed E-state index contributed by atoms with van der Waals surface area (Å²) < 4.78 is 0. The van der Waals surface area contributed by atoms with Gasteiger partial charge in [-0.05, 0) is 69.0 Å². The van der Waals surface area contributed by atoms with Crippen LogP contribution in [0, 0.1) is 0 Å². The van der Waals surface area contributed by atoms with Gasteiger partial charge >= 0.3 is 0 Å². The average molecular weight is 326 g/mol.